The minimum Gasteiger partial charge on any atom is -0.355 e. The number of benzene rings is 2. The van der Waals surface area contributed by atoms with Crippen LogP contribution in [0.3, 0.4) is 0 Å². The first-order chi connectivity index (χ1) is 11.7. The van der Waals surface area contributed by atoms with Crippen LogP contribution in [0.1, 0.15) is 36.1 Å². The Morgan fingerprint density at radius 3 is 2.42 bits per heavy atom. The lowest BCUT2D eigenvalue weighted by atomic mass is 9.76. The molecule has 0 bridgehead atoms. The Balaban J connectivity index is 1.70. The van der Waals surface area contributed by atoms with E-state index in [-0.39, 0.29) is 5.54 Å². The molecule has 0 aliphatic heterocycles. The highest BCUT2D eigenvalue weighted by molar-refractivity contribution is 5.89. The highest BCUT2D eigenvalue weighted by atomic mass is 14.9. The molecule has 122 valence electrons. The summed E-state index contributed by atoms with van der Waals surface area (Å²) < 4.78 is 0. The second-order valence-corrected chi connectivity index (χ2v) is 6.80. The van der Waals surface area contributed by atoms with Gasteiger partial charge in [0.15, 0.2) is 0 Å². The zero-order chi connectivity index (χ0) is 16.6. The summed E-state index contributed by atoms with van der Waals surface area (Å²) >= 11 is 0. The molecule has 1 aliphatic rings. The quantitative estimate of drug-likeness (QED) is 0.686. The molecule has 1 aromatic heterocycles. The van der Waals surface area contributed by atoms with Crippen LogP contribution in [0.4, 0.5) is 0 Å². The van der Waals surface area contributed by atoms with Crippen LogP contribution in [-0.2, 0) is 5.54 Å². The molecule has 1 unspecified atom stereocenters. The lowest BCUT2D eigenvalue weighted by Crippen LogP contribution is -2.41. The van der Waals surface area contributed by atoms with Gasteiger partial charge in [-0.2, -0.15) is 0 Å². The third-order valence-electron chi connectivity index (χ3n) is 5.61. The summed E-state index contributed by atoms with van der Waals surface area (Å²) in [6.07, 6.45) is 5.65. The van der Waals surface area contributed by atoms with E-state index in [1.165, 1.54) is 33.3 Å². The summed E-state index contributed by atoms with van der Waals surface area (Å²) in [7, 11) is 2.08. The van der Waals surface area contributed by atoms with Gasteiger partial charge in [0.2, 0.25) is 0 Å². The monoisotopic (exact) mass is 316 g/mol. The van der Waals surface area contributed by atoms with Gasteiger partial charge in [0.05, 0.1) is 0 Å². The number of aryl methyl sites for hydroxylation is 1. The second kappa shape index (κ2) is 5.95. The Bertz CT molecular complexity index is 889. The van der Waals surface area contributed by atoms with Crippen molar-refractivity contribution in [2.45, 2.75) is 31.7 Å². The maximum Gasteiger partial charge on any atom is 0.0470 e. The molecule has 0 saturated carbocycles. The van der Waals surface area contributed by atoms with Gasteiger partial charge in [-0.05, 0) is 56.0 Å². The Kier molecular flexibility index (Phi) is 3.78. The summed E-state index contributed by atoms with van der Waals surface area (Å²) in [6.45, 7) is 2.23. The fourth-order valence-electron chi connectivity index (χ4n) is 4.07. The average Bonchev–Trinajstić information content (AvgIpc) is 3.00. The van der Waals surface area contributed by atoms with Crippen molar-refractivity contribution < 1.29 is 0 Å². The zero-order valence-corrected chi connectivity index (χ0v) is 14.4. The number of aromatic nitrogens is 1. The zero-order valence-electron chi connectivity index (χ0n) is 14.4. The van der Waals surface area contributed by atoms with Crippen molar-refractivity contribution in [1.82, 2.24) is 10.3 Å². The van der Waals surface area contributed by atoms with E-state index < -0.39 is 0 Å². The van der Waals surface area contributed by atoms with Crippen molar-refractivity contribution in [3.63, 3.8) is 0 Å². The highest BCUT2D eigenvalue weighted by Gasteiger charge is 2.32. The van der Waals surface area contributed by atoms with Crippen LogP contribution in [0, 0.1) is 6.92 Å². The Labute approximate surface area is 143 Å². The lowest BCUT2D eigenvalue weighted by Gasteiger charge is -2.37. The van der Waals surface area contributed by atoms with Crippen molar-refractivity contribution in [3.05, 3.63) is 77.5 Å². The van der Waals surface area contributed by atoms with Gasteiger partial charge in [-0.3, -0.25) is 0 Å². The normalized spacial score (nSPS) is 21.0. The van der Waals surface area contributed by atoms with Crippen LogP contribution in [0.15, 0.2) is 60.7 Å². The molecule has 24 heavy (non-hydrogen) atoms. The molecule has 2 nitrogen and oxygen atoms in total. The molecule has 1 atom stereocenters. The Morgan fingerprint density at radius 2 is 1.75 bits per heavy atom. The predicted octanol–water partition coefficient (Wildman–Crippen LogP) is 5.16. The second-order valence-electron chi connectivity index (χ2n) is 6.80. The van der Waals surface area contributed by atoms with Crippen LogP contribution in [0.25, 0.3) is 16.5 Å². The van der Waals surface area contributed by atoms with Crippen molar-refractivity contribution >= 4 is 16.5 Å². The number of aromatic amines is 1. The van der Waals surface area contributed by atoms with E-state index in [2.05, 4.69) is 84.9 Å². The SMILES string of the molecule is CNC1(c2ccccc2)CC=C(c2[nH]c3ccccc3c2C)CC1. The molecule has 4 rings (SSSR count). The average molecular weight is 316 g/mol. The maximum atomic E-state index is 3.63. The predicted molar refractivity (Wildman–Crippen MR) is 102 cm³/mol. The van der Waals surface area contributed by atoms with Gasteiger partial charge in [0.25, 0.3) is 0 Å². The Hall–Kier alpha value is -2.32. The van der Waals surface area contributed by atoms with Gasteiger partial charge in [0.1, 0.15) is 0 Å². The molecule has 0 amide bonds. The molecule has 3 aromatic rings. The first kappa shape index (κ1) is 15.2. The first-order valence-corrected chi connectivity index (χ1v) is 8.75. The van der Waals surface area contributed by atoms with Crippen LogP contribution in [0.5, 0.6) is 0 Å². The van der Waals surface area contributed by atoms with Crippen LogP contribution in [0.2, 0.25) is 0 Å². The van der Waals surface area contributed by atoms with Crippen molar-refractivity contribution in [3.8, 4) is 0 Å². The van der Waals surface area contributed by atoms with Gasteiger partial charge in [-0.1, -0.05) is 54.6 Å². The van der Waals surface area contributed by atoms with E-state index in [0.717, 1.165) is 19.3 Å². The molecule has 2 N–H and O–H groups in total. The van der Waals surface area contributed by atoms with E-state index >= 15 is 0 Å². The minimum atomic E-state index is 0.0602. The van der Waals surface area contributed by atoms with Crippen LogP contribution in [-0.4, -0.2) is 12.0 Å². The van der Waals surface area contributed by atoms with Gasteiger partial charge >= 0.3 is 0 Å². The third kappa shape index (κ3) is 2.38. The van der Waals surface area contributed by atoms with Gasteiger partial charge in [-0.25, -0.2) is 0 Å². The summed E-state index contributed by atoms with van der Waals surface area (Å²) in [5, 5.41) is 4.93. The molecule has 0 saturated heterocycles. The molecule has 1 heterocycles. The van der Waals surface area contributed by atoms with E-state index in [1.54, 1.807) is 0 Å². The molecule has 2 heteroatoms. The summed E-state index contributed by atoms with van der Waals surface area (Å²) in [5.74, 6) is 0. The van der Waals surface area contributed by atoms with Crippen molar-refractivity contribution in [2.75, 3.05) is 7.05 Å². The smallest absolute Gasteiger partial charge is 0.0470 e. The number of hydrogen-bond donors (Lipinski definition) is 2. The first-order valence-electron chi connectivity index (χ1n) is 8.75. The Morgan fingerprint density at radius 1 is 1.00 bits per heavy atom. The number of nitrogens with one attached hydrogen (secondary N) is 2. The van der Waals surface area contributed by atoms with E-state index in [1.807, 2.05) is 0 Å². The van der Waals surface area contributed by atoms with E-state index in [9.17, 15) is 0 Å². The van der Waals surface area contributed by atoms with Crippen molar-refractivity contribution in [2.24, 2.45) is 0 Å². The van der Waals surface area contributed by atoms with Crippen molar-refractivity contribution in [1.29, 1.82) is 0 Å². The topological polar surface area (TPSA) is 27.8 Å². The van der Waals surface area contributed by atoms with Crippen LogP contribution < -0.4 is 5.32 Å². The molecule has 1 aliphatic carbocycles. The van der Waals surface area contributed by atoms with Crippen LogP contribution >= 0.6 is 0 Å². The molecule has 0 radical (unpaired) electrons. The molecule has 0 fully saturated rings. The summed E-state index contributed by atoms with van der Waals surface area (Å²) in [5.41, 5.74) is 6.81. The van der Waals surface area contributed by atoms with Gasteiger partial charge < -0.3 is 10.3 Å². The number of fused-ring (bicyclic) bond motifs is 1. The third-order valence-corrected chi connectivity index (χ3v) is 5.61. The highest BCUT2D eigenvalue weighted by Crippen LogP contribution is 2.40. The number of para-hydroxylation sites is 1. The molecular weight excluding hydrogens is 292 g/mol. The number of hydrogen-bond acceptors (Lipinski definition) is 1. The van der Waals surface area contributed by atoms with Gasteiger partial charge in [-0.15, -0.1) is 0 Å². The summed E-state index contributed by atoms with van der Waals surface area (Å²) in [6, 6.07) is 19.4. The van der Waals surface area contributed by atoms with E-state index in [0.29, 0.717) is 0 Å². The lowest BCUT2D eigenvalue weighted by molar-refractivity contribution is 0.332. The maximum absolute atomic E-state index is 3.63. The molecule has 0 spiro atoms. The summed E-state index contributed by atoms with van der Waals surface area (Å²) in [4.78, 5) is 3.63. The largest absolute Gasteiger partial charge is 0.355 e. The minimum absolute atomic E-state index is 0.0602. The standard InChI is InChI=1S/C22H24N2/c1-16-19-10-6-7-11-20(19)24-21(16)17-12-14-22(23-2,15-13-17)18-8-4-3-5-9-18/h3-12,23-24H,13-15H2,1-2H3. The van der Waals surface area contributed by atoms with Gasteiger partial charge in [0, 0.05) is 22.1 Å². The molecule has 2 aromatic carbocycles. The fraction of sp³-hybridized carbons (Fsp3) is 0.273. The number of rotatable bonds is 3. The number of allylic oxidation sites excluding steroid dienone is 1. The van der Waals surface area contributed by atoms with E-state index in [4.69, 9.17) is 0 Å². The molecular formula is C22H24N2. The fourth-order valence-corrected chi connectivity index (χ4v) is 4.07. The number of H-pyrrole nitrogens is 1.